The van der Waals surface area contributed by atoms with Crippen LogP contribution in [-0.2, 0) is 13.1 Å². The Bertz CT molecular complexity index is 900. The predicted molar refractivity (Wildman–Crippen MR) is 81.2 cm³/mol. The van der Waals surface area contributed by atoms with Crippen molar-refractivity contribution < 1.29 is 0 Å². The van der Waals surface area contributed by atoms with E-state index in [2.05, 4.69) is 15.0 Å². The lowest BCUT2D eigenvalue weighted by Crippen LogP contribution is -2.37. The first-order valence-electron chi connectivity index (χ1n) is 6.66. The van der Waals surface area contributed by atoms with Crippen LogP contribution in [0.1, 0.15) is 12.5 Å². The molecule has 1 aromatic heterocycles. The molecule has 0 amide bonds. The first-order valence-corrected chi connectivity index (χ1v) is 7.04. The first-order chi connectivity index (χ1) is 10.6. The molecule has 22 heavy (non-hydrogen) atoms. The average molecular weight is 318 g/mol. The van der Waals surface area contributed by atoms with Crippen LogP contribution in [0.4, 0.5) is 0 Å². The lowest BCUT2D eigenvalue weighted by atomic mass is 10.2. The van der Waals surface area contributed by atoms with Crippen LogP contribution in [0.5, 0.6) is 0 Å². The quantitative estimate of drug-likeness (QED) is 0.674. The smallest absolute Gasteiger partial charge is 0.328 e. The van der Waals surface area contributed by atoms with E-state index in [1.54, 1.807) is 42.2 Å². The van der Waals surface area contributed by atoms with Crippen molar-refractivity contribution in [3.8, 4) is 11.4 Å². The third-order valence-corrected chi connectivity index (χ3v) is 3.49. The summed E-state index contributed by atoms with van der Waals surface area (Å²) in [5, 5.41) is 0.164. The predicted octanol–water partition coefficient (Wildman–Crippen LogP) is 1.02. The van der Waals surface area contributed by atoms with Crippen molar-refractivity contribution in [3.63, 3.8) is 0 Å². The highest BCUT2D eigenvalue weighted by atomic mass is 35.5. The van der Waals surface area contributed by atoms with Gasteiger partial charge >= 0.3 is 5.69 Å². The van der Waals surface area contributed by atoms with Crippen molar-refractivity contribution in [2.45, 2.75) is 20.0 Å². The summed E-state index contributed by atoms with van der Waals surface area (Å²) in [6.45, 7) is 2.41. The summed E-state index contributed by atoms with van der Waals surface area (Å²) in [5.41, 5.74) is 0.307. The summed E-state index contributed by atoms with van der Waals surface area (Å²) in [6.07, 6.45) is 4.93. The van der Waals surface area contributed by atoms with E-state index in [1.165, 1.54) is 0 Å². The fourth-order valence-electron chi connectivity index (χ4n) is 2.24. The fraction of sp³-hybridized carbons (Fsp3) is 0.214. The molecule has 0 spiro atoms. The lowest BCUT2D eigenvalue weighted by Gasteiger charge is -2.14. The molecule has 0 aliphatic carbocycles. The number of pyridine rings is 1. The number of aromatic nitrogens is 5. The van der Waals surface area contributed by atoms with Crippen molar-refractivity contribution in [1.82, 2.24) is 24.1 Å². The zero-order valence-electron chi connectivity index (χ0n) is 11.7. The van der Waals surface area contributed by atoms with Gasteiger partial charge in [0, 0.05) is 30.7 Å². The largest absolute Gasteiger partial charge is 0.352 e. The molecule has 0 atom stereocenters. The Balaban J connectivity index is 2.13. The molecule has 1 aromatic rings. The van der Waals surface area contributed by atoms with Crippen LogP contribution >= 0.6 is 11.6 Å². The van der Waals surface area contributed by atoms with Gasteiger partial charge in [0.2, 0.25) is 5.28 Å². The second-order valence-corrected chi connectivity index (χ2v) is 5.02. The minimum absolute atomic E-state index is 0.164. The summed E-state index contributed by atoms with van der Waals surface area (Å²) in [7, 11) is 0. The Kier molecular flexibility index (Phi) is 3.72. The number of rotatable bonds is 3. The number of fused-ring (bicyclic) bond motifs is 1. The third kappa shape index (κ3) is 2.50. The van der Waals surface area contributed by atoms with Crippen molar-refractivity contribution in [3.05, 3.63) is 62.4 Å². The molecular formula is C14H12ClN5O2. The Morgan fingerprint density at radius 3 is 2.64 bits per heavy atom. The van der Waals surface area contributed by atoms with Gasteiger partial charge in [-0.3, -0.25) is 9.36 Å². The van der Waals surface area contributed by atoms with Crippen LogP contribution in [0.3, 0.4) is 0 Å². The van der Waals surface area contributed by atoms with Gasteiger partial charge in [0.1, 0.15) is 0 Å². The molecule has 0 fully saturated rings. The van der Waals surface area contributed by atoms with Crippen LogP contribution in [0.2, 0.25) is 5.28 Å². The summed E-state index contributed by atoms with van der Waals surface area (Å²) in [4.78, 5) is 36.1. The summed E-state index contributed by atoms with van der Waals surface area (Å²) in [5.74, 6) is 0.345. The molecule has 3 heterocycles. The molecule has 2 aliphatic rings. The molecular weight excluding hydrogens is 306 g/mol. The molecule has 0 unspecified atom stereocenters. The molecule has 0 bridgehead atoms. The standard InChI is InChI=1S/C14H12ClN5O2/c1-2-20-12(21)10-4-3-5-19(11(10)18-14(20)22)8-9-6-16-13(15)17-7-9/h3-7H,2,8H2,1H3. The fourth-order valence-corrected chi connectivity index (χ4v) is 2.34. The second-order valence-electron chi connectivity index (χ2n) is 4.68. The molecule has 3 rings (SSSR count). The highest BCUT2D eigenvalue weighted by molar-refractivity contribution is 6.28. The maximum atomic E-state index is 12.3. The van der Waals surface area contributed by atoms with E-state index in [0.29, 0.717) is 24.5 Å². The number of hydrogen-bond acceptors (Lipinski definition) is 5. The molecule has 0 saturated heterocycles. The minimum Gasteiger partial charge on any atom is -0.328 e. The van der Waals surface area contributed by atoms with Gasteiger partial charge in [0.05, 0.1) is 12.1 Å². The third-order valence-electron chi connectivity index (χ3n) is 3.29. The minimum atomic E-state index is -0.549. The van der Waals surface area contributed by atoms with E-state index >= 15 is 0 Å². The van der Waals surface area contributed by atoms with Crippen molar-refractivity contribution in [2.75, 3.05) is 0 Å². The van der Waals surface area contributed by atoms with Crippen LogP contribution in [0, 0.1) is 0 Å². The summed E-state index contributed by atoms with van der Waals surface area (Å²) in [6, 6.07) is 3.40. The summed E-state index contributed by atoms with van der Waals surface area (Å²) >= 11 is 5.66. The van der Waals surface area contributed by atoms with Gasteiger partial charge in [-0.15, -0.1) is 0 Å². The van der Waals surface area contributed by atoms with E-state index in [9.17, 15) is 9.59 Å². The van der Waals surface area contributed by atoms with Crippen LogP contribution < -0.4 is 11.2 Å². The SMILES string of the molecule is CCn1c(=O)nc2n(Cc3cnc(Cl)nc3)cccc-2c1=O. The van der Waals surface area contributed by atoms with E-state index in [-0.39, 0.29) is 10.8 Å². The number of hydrogen-bond donors (Lipinski definition) is 0. The van der Waals surface area contributed by atoms with Crippen LogP contribution in [-0.4, -0.2) is 24.1 Å². The van der Waals surface area contributed by atoms with Gasteiger partial charge in [-0.05, 0) is 30.7 Å². The van der Waals surface area contributed by atoms with Crippen LogP contribution in [0.15, 0.2) is 40.3 Å². The monoisotopic (exact) mass is 317 g/mol. The van der Waals surface area contributed by atoms with E-state index in [4.69, 9.17) is 11.6 Å². The van der Waals surface area contributed by atoms with Crippen LogP contribution in [0.25, 0.3) is 11.4 Å². The molecule has 0 aromatic carbocycles. The highest BCUT2D eigenvalue weighted by Crippen LogP contribution is 2.14. The average Bonchev–Trinajstić information content (AvgIpc) is 2.51. The normalized spacial score (nSPS) is 11.0. The van der Waals surface area contributed by atoms with E-state index < -0.39 is 5.69 Å². The molecule has 0 radical (unpaired) electrons. The second kappa shape index (κ2) is 5.69. The molecule has 2 aliphatic heterocycles. The lowest BCUT2D eigenvalue weighted by molar-refractivity contribution is 0.657. The number of halogens is 1. The highest BCUT2D eigenvalue weighted by Gasteiger charge is 2.16. The topological polar surface area (TPSA) is 82.7 Å². The maximum absolute atomic E-state index is 12.3. The van der Waals surface area contributed by atoms with Gasteiger partial charge in [-0.2, -0.15) is 4.98 Å². The summed E-state index contributed by atoms with van der Waals surface area (Å²) < 4.78 is 2.82. The number of nitrogens with zero attached hydrogens (tertiary/aromatic N) is 5. The van der Waals surface area contributed by atoms with Crippen molar-refractivity contribution in [2.24, 2.45) is 0 Å². The van der Waals surface area contributed by atoms with Gasteiger partial charge in [0.15, 0.2) is 5.82 Å². The molecule has 0 N–H and O–H groups in total. The Morgan fingerprint density at radius 2 is 1.95 bits per heavy atom. The van der Waals surface area contributed by atoms with Gasteiger partial charge < -0.3 is 4.57 Å². The maximum Gasteiger partial charge on any atom is 0.352 e. The van der Waals surface area contributed by atoms with Crippen molar-refractivity contribution in [1.29, 1.82) is 0 Å². The Hall–Kier alpha value is -2.54. The van der Waals surface area contributed by atoms with Gasteiger partial charge in [0.25, 0.3) is 5.56 Å². The Labute approximate surface area is 130 Å². The molecule has 112 valence electrons. The zero-order valence-corrected chi connectivity index (χ0v) is 12.5. The molecule has 7 nitrogen and oxygen atoms in total. The molecule has 0 saturated carbocycles. The van der Waals surface area contributed by atoms with E-state index in [1.807, 2.05) is 0 Å². The van der Waals surface area contributed by atoms with Gasteiger partial charge in [-0.1, -0.05) is 0 Å². The first kappa shape index (κ1) is 14.4. The zero-order chi connectivity index (χ0) is 15.7. The Morgan fingerprint density at radius 1 is 1.23 bits per heavy atom. The van der Waals surface area contributed by atoms with Gasteiger partial charge in [-0.25, -0.2) is 14.8 Å². The molecule has 8 heteroatoms. The van der Waals surface area contributed by atoms with E-state index in [0.717, 1.165) is 10.1 Å². The van der Waals surface area contributed by atoms with Crippen molar-refractivity contribution >= 4 is 11.6 Å².